The van der Waals surface area contributed by atoms with Gasteiger partial charge in [0.05, 0.1) is 5.69 Å². The molecule has 3 aromatic rings. The molecule has 0 aliphatic heterocycles. The number of nitriles is 1. The fourth-order valence-corrected chi connectivity index (χ4v) is 2.39. The van der Waals surface area contributed by atoms with Crippen LogP contribution in [0, 0.1) is 18.3 Å². The van der Waals surface area contributed by atoms with E-state index in [9.17, 15) is 15.2 Å². The molecule has 0 atom stereocenters. The van der Waals surface area contributed by atoms with Crippen LogP contribution in [0.15, 0.2) is 69.6 Å². The van der Waals surface area contributed by atoms with E-state index in [0.29, 0.717) is 11.3 Å². The van der Waals surface area contributed by atoms with Crippen LogP contribution in [0.4, 0.5) is 11.4 Å². The molecule has 6 nitrogen and oxygen atoms in total. The number of nitrogens with zero attached hydrogens (tertiary/aromatic N) is 3. The Morgan fingerprint density at radius 1 is 1.04 bits per heavy atom. The highest BCUT2D eigenvalue weighted by molar-refractivity contribution is 5.82. The lowest BCUT2D eigenvalue weighted by molar-refractivity contribution is 0.450. The first-order chi connectivity index (χ1) is 12.1. The number of aromatic hydroxyl groups is 1. The summed E-state index contributed by atoms with van der Waals surface area (Å²) in [5.41, 5.74) is 1.81. The molecule has 1 aromatic heterocycles. The zero-order valence-electron chi connectivity index (χ0n) is 13.4. The van der Waals surface area contributed by atoms with Crippen molar-refractivity contribution in [2.24, 2.45) is 10.2 Å². The number of H-pyrrole nitrogens is 1. The van der Waals surface area contributed by atoms with Crippen LogP contribution in [-0.2, 0) is 0 Å². The van der Waals surface area contributed by atoms with Crippen molar-refractivity contribution in [3.05, 3.63) is 76.1 Å². The second-order valence-electron chi connectivity index (χ2n) is 5.41. The molecule has 0 fully saturated rings. The Hall–Kier alpha value is -3.72. The van der Waals surface area contributed by atoms with Gasteiger partial charge < -0.3 is 5.11 Å². The van der Waals surface area contributed by atoms with Crippen LogP contribution >= 0.6 is 0 Å². The standard InChI is InChI=1S/C19H14N4O2/c1-12-7-9-14(10-8-12)22-23-17-16(13-5-3-2-4-6-13)15(11-20)18(24)21-19(17)25/h2-10H,1H3,(H2,21,24,25). The number of benzene rings is 2. The van der Waals surface area contributed by atoms with Crippen molar-refractivity contribution in [2.45, 2.75) is 6.92 Å². The van der Waals surface area contributed by atoms with Gasteiger partial charge in [-0.25, -0.2) is 0 Å². The molecule has 0 bridgehead atoms. The van der Waals surface area contributed by atoms with Gasteiger partial charge in [0.2, 0.25) is 5.88 Å². The van der Waals surface area contributed by atoms with Gasteiger partial charge in [-0.1, -0.05) is 48.0 Å². The Labute approximate surface area is 143 Å². The summed E-state index contributed by atoms with van der Waals surface area (Å²) in [5, 5.41) is 27.4. The van der Waals surface area contributed by atoms with Crippen molar-refractivity contribution in [1.29, 1.82) is 5.26 Å². The molecule has 0 aliphatic rings. The first-order valence-electron chi connectivity index (χ1n) is 7.53. The van der Waals surface area contributed by atoms with Crippen molar-refractivity contribution in [1.82, 2.24) is 4.98 Å². The predicted octanol–water partition coefficient (Wildman–Crippen LogP) is 4.34. The van der Waals surface area contributed by atoms with Gasteiger partial charge in [0.25, 0.3) is 5.56 Å². The Morgan fingerprint density at radius 2 is 1.72 bits per heavy atom. The summed E-state index contributed by atoms with van der Waals surface area (Å²) in [6, 6.07) is 18.1. The molecule has 6 heteroatoms. The largest absolute Gasteiger partial charge is 0.494 e. The van der Waals surface area contributed by atoms with E-state index in [1.165, 1.54) is 0 Å². The van der Waals surface area contributed by atoms with Crippen LogP contribution in [0.2, 0.25) is 0 Å². The van der Waals surface area contributed by atoms with Gasteiger partial charge in [-0.05, 0) is 24.6 Å². The minimum Gasteiger partial charge on any atom is -0.494 e. The van der Waals surface area contributed by atoms with Crippen molar-refractivity contribution in [3.8, 4) is 23.1 Å². The molecule has 3 rings (SSSR count). The molecule has 0 saturated heterocycles. The zero-order chi connectivity index (χ0) is 17.8. The Bertz CT molecular complexity index is 1030. The van der Waals surface area contributed by atoms with Gasteiger partial charge in [0.15, 0.2) is 5.69 Å². The molecule has 0 aliphatic carbocycles. The molecule has 0 radical (unpaired) electrons. The van der Waals surface area contributed by atoms with E-state index in [1.807, 2.05) is 31.2 Å². The molecule has 0 spiro atoms. The SMILES string of the molecule is Cc1ccc(N=Nc2c(-c3ccccc3)c(C#N)c(O)[nH]c2=O)cc1. The number of pyridine rings is 1. The normalized spacial score (nSPS) is 10.7. The minimum atomic E-state index is -0.619. The average molecular weight is 330 g/mol. The number of nitrogens with one attached hydrogen (secondary N) is 1. The quantitative estimate of drug-likeness (QED) is 0.698. The lowest BCUT2D eigenvalue weighted by Crippen LogP contribution is -2.08. The van der Waals surface area contributed by atoms with Gasteiger partial charge in [-0.2, -0.15) is 10.4 Å². The summed E-state index contributed by atoms with van der Waals surface area (Å²) in [6.45, 7) is 1.96. The van der Waals surface area contributed by atoms with Gasteiger partial charge in [0, 0.05) is 5.56 Å². The smallest absolute Gasteiger partial charge is 0.279 e. The summed E-state index contributed by atoms with van der Waals surface area (Å²) in [6.07, 6.45) is 0. The monoisotopic (exact) mass is 330 g/mol. The van der Waals surface area contributed by atoms with Crippen LogP contribution < -0.4 is 5.56 Å². The maximum Gasteiger partial charge on any atom is 0.279 e. The summed E-state index contributed by atoms with van der Waals surface area (Å²) in [5.74, 6) is -0.486. The van der Waals surface area contributed by atoms with Gasteiger partial charge >= 0.3 is 0 Å². The fourth-order valence-electron chi connectivity index (χ4n) is 2.39. The van der Waals surface area contributed by atoms with Crippen molar-refractivity contribution < 1.29 is 5.11 Å². The second kappa shape index (κ2) is 6.81. The minimum absolute atomic E-state index is 0.0267. The van der Waals surface area contributed by atoms with Crippen LogP contribution in [0.25, 0.3) is 11.1 Å². The molecule has 2 N–H and O–H groups in total. The molecular weight excluding hydrogens is 316 g/mol. The number of aromatic nitrogens is 1. The molecule has 0 amide bonds. The molecule has 2 aromatic carbocycles. The van der Waals surface area contributed by atoms with E-state index in [1.54, 1.807) is 36.4 Å². The highest BCUT2D eigenvalue weighted by Crippen LogP contribution is 2.34. The fraction of sp³-hybridized carbons (Fsp3) is 0.0526. The number of aryl methyl sites for hydroxylation is 1. The van der Waals surface area contributed by atoms with E-state index < -0.39 is 11.4 Å². The summed E-state index contributed by atoms with van der Waals surface area (Å²) < 4.78 is 0. The average Bonchev–Trinajstić information content (AvgIpc) is 2.62. The number of hydrogen-bond acceptors (Lipinski definition) is 5. The summed E-state index contributed by atoms with van der Waals surface area (Å²) in [7, 11) is 0. The summed E-state index contributed by atoms with van der Waals surface area (Å²) in [4.78, 5) is 14.5. The molecule has 25 heavy (non-hydrogen) atoms. The third-order valence-corrected chi connectivity index (χ3v) is 3.64. The second-order valence-corrected chi connectivity index (χ2v) is 5.41. The van der Waals surface area contributed by atoms with Crippen LogP contribution in [0.3, 0.4) is 0 Å². The number of aromatic amines is 1. The van der Waals surface area contributed by atoms with Crippen LogP contribution in [0.5, 0.6) is 5.88 Å². The molecule has 1 heterocycles. The third-order valence-electron chi connectivity index (χ3n) is 3.64. The third kappa shape index (κ3) is 3.31. The van der Waals surface area contributed by atoms with E-state index in [-0.39, 0.29) is 16.8 Å². The summed E-state index contributed by atoms with van der Waals surface area (Å²) >= 11 is 0. The van der Waals surface area contributed by atoms with Crippen LogP contribution in [-0.4, -0.2) is 10.1 Å². The molecule has 122 valence electrons. The van der Waals surface area contributed by atoms with Crippen molar-refractivity contribution >= 4 is 11.4 Å². The predicted molar refractivity (Wildman–Crippen MR) is 94.2 cm³/mol. The Morgan fingerprint density at radius 3 is 2.36 bits per heavy atom. The highest BCUT2D eigenvalue weighted by Gasteiger charge is 2.19. The van der Waals surface area contributed by atoms with E-state index in [0.717, 1.165) is 5.56 Å². The zero-order valence-corrected chi connectivity index (χ0v) is 13.4. The number of hydrogen-bond donors (Lipinski definition) is 2. The van der Waals surface area contributed by atoms with Gasteiger partial charge in [0.1, 0.15) is 11.6 Å². The maximum absolute atomic E-state index is 12.3. The molecular formula is C19H14N4O2. The van der Waals surface area contributed by atoms with Crippen molar-refractivity contribution in [2.75, 3.05) is 0 Å². The van der Waals surface area contributed by atoms with Gasteiger partial charge in [-0.3, -0.25) is 9.78 Å². The number of rotatable bonds is 3. The highest BCUT2D eigenvalue weighted by atomic mass is 16.3. The van der Waals surface area contributed by atoms with E-state index in [4.69, 9.17) is 0 Å². The Kier molecular flexibility index (Phi) is 4.40. The lowest BCUT2D eigenvalue weighted by Gasteiger charge is -2.08. The maximum atomic E-state index is 12.3. The topological polar surface area (TPSA) is 102 Å². The first-order valence-corrected chi connectivity index (χ1v) is 7.53. The Balaban J connectivity index is 2.21. The van der Waals surface area contributed by atoms with Crippen LogP contribution in [0.1, 0.15) is 11.1 Å². The molecule has 0 unspecified atom stereocenters. The first kappa shape index (κ1) is 16.1. The van der Waals surface area contributed by atoms with E-state index >= 15 is 0 Å². The number of azo groups is 1. The lowest BCUT2D eigenvalue weighted by atomic mass is 10.00. The van der Waals surface area contributed by atoms with E-state index in [2.05, 4.69) is 15.2 Å². The van der Waals surface area contributed by atoms with Crippen molar-refractivity contribution in [3.63, 3.8) is 0 Å². The van der Waals surface area contributed by atoms with Gasteiger partial charge in [-0.15, -0.1) is 5.11 Å². The molecule has 0 saturated carbocycles.